The maximum Gasteiger partial charge on any atom is 0.407 e. The second-order valence-corrected chi connectivity index (χ2v) is 9.33. The van der Waals surface area contributed by atoms with Crippen molar-refractivity contribution in [1.29, 1.82) is 0 Å². The molecule has 1 aliphatic rings. The molecule has 2 heterocycles. The molecule has 0 saturated carbocycles. The third-order valence-corrected chi connectivity index (χ3v) is 5.38. The summed E-state index contributed by atoms with van der Waals surface area (Å²) < 4.78 is 6.93. The summed E-state index contributed by atoms with van der Waals surface area (Å²) >= 11 is 0. The summed E-state index contributed by atoms with van der Waals surface area (Å²) in [7, 11) is 3.56. The van der Waals surface area contributed by atoms with Crippen molar-refractivity contribution in [2.45, 2.75) is 58.2 Å². The lowest BCUT2D eigenvalue weighted by molar-refractivity contribution is -0.132. The van der Waals surface area contributed by atoms with Gasteiger partial charge >= 0.3 is 6.09 Å². The Morgan fingerprint density at radius 1 is 1.19 bits per heavy atom. The van der Waals surface area contributed by atoms with Gasteiger partial charge in [0, 0.05) is 46.2 Å². The third-order valence-electron chi connectivity index (χ3n) is 5.38. The maximum atomic E-state index is 12.9. The quantitative estimate of drug-likeness (QED) is 0.762. The molecule has 1 aliphatic heterocycles. The van der Waals surface area contributed by atoms with E-state index in [-0.39, 0.29) is 30.5 Å². The summed E-state index contributed by atoms with van der Waals surface area (Å²) in [5.74, 6) is 0.352. The summed E-state index contributed by atoms with van der Waals surface area (Å²) in [5, 5.41) is 2.88. The zero-order chi connectivity index (χ0) is 23.5. The molecule has 32 heavy (non-hydrogen) atoms. The number of nitrogens with zero attached hydrogens (tertiary/aromatic N) is 4. The first-order valence-electron chi connectivity index (χ1n) is 11.0. The number of carbonyl (C=O) groups is 2. The Labute approximate surface area is 188 Å². The lowest BCUT2D eigenvalue weighted by atomic mass is 10.0. The van der Waals surface area contributed by atoms with E-state index in [9.17, 15) is 14.4 Å². The van der Waals surface area contributed by atoms with Crippen LogP contribution in [0.5, 0.6) is 0 Å². The van der Waals surface area contributed by atoms with Crippen LogP contribution in [0.2, 0.25) is 0 Å². The number of alkyl carbamates (subject to hydrolysis) is 1. The van der Waals surface area contributed by atoms with Crippen LogP contribution < -0.4 is 15.8 Å². The number of hydrogen-bond acceptors (Lipinski definition) is 6. The first kappa shape index (κ1) is 23.6. The van der Waals surface area contributed by atoms with Gasteiger partial charge in [0.15, 0.2) is 5.82 Å². The van der Waals surface area contributed by atoms with Crippen LogP contribution in [0, 0.1) is 0 Å². The highest BCUT2D eigenvalue weighted by atomic mass is 16.6. The van der Waals surface area contributed by atoms with Crippen LogP contribution in [0.1, 0.15) is 40.0 Å². The van der Waals surface area contributed by atoms with E-state index in [1.807, 2.05) is 45.0 Å². The molecule has 1 fully saturated rings. The second-order valence-electron chi connectivity index (χ2n) is 9.33. The predicted octanol–water partition coefficient (Wildman–Crippen LogP) is 2.37. The average Bonchev–Trinajstić information content (AvgIpc) is 2.71. The van der Waals surface area contributed by atoms with E-state index in [0.717, 1.165) is 11.0 Å². The highest BCUT2D eigenvalue weighted by Crippen LogP contribution is 2.16. The molecule has 9 nitrogen and oxygen atoms in total. The van der Waals surface area contributed by atoms with Crippen LogP contribution in [0.25, 0.3) is 11.0 Å². The van der Waals surface area contributed by atoms with Gasteiger partial charge < -0.3 is 24.4 Å². The molecule has 0 unspecified atom stereocenters. The van der Waals surface area contributed by atoms with Gasteiger partial charge in [-0.25, -0.2) is 9.78 Å². The zero-order valence-corrected chi connectivity index (χ0v) is 19.6. The Bertz CT molecular complexity index is 1030. The number of aromatic nitrogens is 2. The van der Waals surface area contributed by atoms with Crippen molar-refractivity contribution in [1.82, 2.24) is 19.8 Å². The highest BCUT2D eigenvalue weighted by Gasteiger charge is 2.26. The molecule has 1 N–H and O–H groups in total. The number of benzene rings is 1. The fourth-order valence-corrected chi connectivity index (χ4v) is 3.81. The smallest absolute Gasteiger partial charge is 0.407 e. The van der Waals surface area contributed by atoms with Crippen molar-refractivity contribution in [2.75, 3.05) is 32.1 Å². The van der Waals surface area contributed by atoms with Crippen LogP contribution >= 0.6 is 0 Å². The number of anilines is 1. The molecular formula is C23H33N5O4. The minimum Gasteiger partial charge on any atom is -0.444 e. The summed E-state index contributed by atoms with van der Waals surface area (Å²) in [6.45, 7) is 6.89. The first-order valence-corrected chi connectivity index (χ1v) is 11.0. The number of ether oxygens (including phenoxy) is 1. The van der Waals surface area contributed by atoms with Gasteiger partial charge in [-0.3, -0.25) is 9.59 Å². The van der Waals surface area contributed by atoms with E-state index in [0.29, 0.717) is 31.7 Å². The van der Waals surface area contributed by atoms with Gasteiger partial charge in [0.05, 0.1) is 11.0 Å². The molecule has 0 aliphatic carbocycles. The number of para-hydroxylation sites is 2. The van der Waals surface area contributed by atoms with Crippen molar-refractivity contribution < 1.29 is 14.3 Å². The molecule has 0 bridgehead atoms. The van der Waals surface area contributed by atoms with E-state index in [4.69, 9.17) is 4.74 Å². The largest absolute Gasteiger partial charge is 0.444 e. The molecule has 2 amide bonds. The summed E-state index contributed by atoms with van der Waals surface area (Å²) in [6.07, 6.45) is 1.15. The average molecular weight is 444 g/mol. The highest BCUT2D eigenvalue weighted by molar-refractivity contribution is 5.78. The minimum absolute atomic E-state index is 0.0000792. The standard InChI is InChI=1S/C23H33N5O4/c1-23(2,3)32-22(31)24-16-10-13-27(14-11-16)19(29)12-15-28-18-9-7-6-8-17(18)25-20(21(28)30)26(4)5/h6-9,16H,10-15H2,1-5H3,(H,24,31). The van der Waals surface area contributed by atoms with Gasteiger partial charge in [-0.2, -0.15) is 0 Å². The Morgan fingerprint density at radius 2 is 1.84 bits per heavy atom. The normalized spacial score (nSPS) is 15.0. The van der Waals surface area contributed by atoms with E-state index >= 15 is 0 Å². The molecule has 1 aromatic carbocycles. The lowest BCUT2D eigenvalue weighted by Crippen LogP contribution is -2.47. The Kier molecular flexibility index (Phi) is 7.06. The Morgan fingerprint density at radius 3 is 2.47 bits per heavy atom. The molecule has 1 saturated heterocycles. The molecule has 0 spiro atoms. The molecule has 0 radical (unpaired) electrons. The van der Waals surface area contributed by atoms with E-state index in [1.165, 1.54) is 0 Å². The first-order chi connectivity index (χ1) is 15.0. The fourth-order valence-electron chi connectivity index (χ4n) is 3.81. The van der Waals surface area contributed by atoms with E-state index < -0.39 is 11.7 Å². The van der Waals surface area contributed by atoms with Crippen LogP contribution in [-0.4, -0.2) is 65.3 Å². The van der Waals surface area contributed by atoms with E-state index in [1.54, 1.807) is 28.5 Å². The third kappa shape index (κ3) is 5.77. The van der Waals surface area contributed by atoms with Crippen molar-refractivity contribution >= 4 is 28.9 Å². The van der Waals surface area contributed by atoms with Gasteiger partial charge in [0.2, 0.25) is 5.91 Å². The fraction of sp³-hybridized carbons (Fsp3) is 0.565. The number of piperidine rings is 1. The Hall–Kier alpha value is -3.10. The number of rotatable bonds is 5. The number of nitrogens with one attached hydrogen (secondary N) is 1. The molecular weight excluding hydrogens is 410 g/mol. The van der Waals surface area contributed by atoms with Crippen molar-refractivity contribution in [3.8, 4) is 0 Å². The number of aryl methyl sites for hydroxylation is 1. The number of hydrogen-bond donors (Lipinski definition) is 1. The van der Waals surface area contributed by atoms with Crippen molar-refractivity contribution in [3.63, 3.8) is 0 Å². The van der Waals surface area contributed by atoms with Gasteiger partial charge in [-0.1, -0.05) is 12.1 Å². The lowest BCUT2D eigenvalue weighted by Gasteiger charge is -2.33. The van der Waals surface area contributed by atoms with Crippen molar-refractivity contribution in [2.24, 2.45) is 0 Å². The maximum absolute atomic E-state index is 12.9. The van der Waals surface area contributed by atoms with Crippen LogP contribution in [0.3, 0.4) is 0 Å². The SMILES string of the molecule is CN(C)c1nc2ccccc2n(CCC(=O)N2CCC(NC(=O)OC(C)(C)C)CC2)c1=O. The van der Waals surface area contributed by atoms with Gasteiger partial charge in [0.25, 0.3) is 5.56 Å². The molecule has 2 aromatic rings. The topological polar surface area (TPSA) is 96.8 Å². The van der Waals surface area contributed by atoms with Gasteiger partial charge in [-0.05, 0) is 45.7 Å². The van der Waals surface area contributed by atoms with Crippen LogP contribution in [0.4, 0.5) is 10.6 Å². The number of likely N-dealkylation sites (tertiary alicyclic amines) is 1. The summed E-state index contributed by atoms with van der Waals surface area (Å²) in [5.41, 5.74) is 0.692. The molecule has 174 valence electrons. The number of carbonyl (C=O) groups excluding carboxylic acids is 2. The molecule has 9 heteroatoms. The van der Waals surface area contributed by atoms with E-state index in [2.05, 4.69) is 10.3 Å². The second kappa shape index (κ2) is 9.58. The molecule has 1 aromatic heterocycles. The Balaban J connectivity index is 1.60. The molecule has 0 atom stereocenters. The monoisotopic (exact) mass is 443 g/mol. The summed E-state index contributed by atoms with van der Waals surface area (Å²) in [4.78, 5) is 45.7. The minimum atomic E-state index is -0.539. The predicted molar refractivity (Wildman–Crippen MR) is 124 cm³/mol. The number of amides is 2. The van der Waals surface area contributed by atoms with Gasteiger partial charge in [-0.15, -0.1) is 0 Å². The zero-order valence-electron chi connectivity index (χ0n) is 19.6. The number of fused-ring (bicyclic) bond motifs is 1. The van der Waals surface area contributed by atoms with Crippen LogP contribution in [0.15, 0.2) is 29.1 Å². The summed E-state index contributed by atoms with van der Waals surface area (Å²) in [6, 6.07) is 7.44. The van der Waals surface area contributed by atoms with Crippen LogP contribution in [-0.2, 0) is 16.1 Å². The van der Waals surface area contributed by atoms with Gasteiger partial charge in [0.1, 0.15) is 5.60 Å². The van der Waals surface area contributed by atoms with Crippen molar-refractivity contribution in [3.05, 3.63) is 34.6 Å². The molecule has 3 rings (SSSR count).